The third-order valence-corrected chi connectivity index (χ3v) is 2.13. The minimum Gasteiger partial charge on any atom is -0.434 e. The van der Waals surface area contributed by atoms with Gasteiger partial charge in [0.25, 0.3) is 0 Å². The third kappa shape index (κ3) is 1.73. The molecule has 0 aromatic heterocycles. The summed E-state index contributed by atoms with van der Waals surface area (Å²) >= 11 is 5.73. The van der Waals surface area contributed by atoms with Crippen LogP contribution in [-0.4, -0.2) is 5.97 Å². The maximum absolute atomic E-state index is 10.8. The first-order valence-electron chi connectivity index (χ1n) is 3.90. The van der Waals surface area contributed by atoms with Gasteiger partial charge < -0.3 is 4.74 Å². The van der Waals surface area contributed by atoms with Crippen molar-refractivity contribution >= 4 is 23.1 Å². The Morgan fingerprint density at radius 2 is 1.92 bits per heavy atom. The lowest BCUT2D eigenvalue weighted by atomic mass is 10.1. The zero-order valence-corrected chi connectivity index (χ0v) is 7.54. The highest BCUT2D eigenvalue weighted by molar-refractivity contribution is 6.30. The van der Waals surface area contributed by atoms with Crippen molar-refractivity contribution < 1.29 is 9.53 Å². The molecule has 3 heteroatoms. The number of esters is 1. The molecule has 0 atom stereocenters. The standard InChI is InChI=1S/C10H7ClO2/c11-9-3-1-7(2-4-9)8-5-10(12)13-6-8/h1-4,6H,5H2. The molecule has 13 heavy (non-hydrogen) atoms. The van der Waals surface area contributed by atoms with Crippen LogP contribution < -0.4 is 0 Å². The molecule has 2 rings (SSSR count). The van der Waals surface area contributed by atoms with Crippen LogP contribution in [0.1, 0.15) is 12.0 Å². The number of carbonyl (C=O) groups excluding carboxylic acids is 1. The summed E-state index contributed by atoms with van der Waals surface area (Å²) in [5.74, 6) is -0.204. The van der Waals surface area contributed by atoms with Crippen molar-refractivity contribution in [3.8, 4) is 0 Å². The van der Waals surface area contributed by atoms with E-state index in [1.807, 2.05) is 12.1 Å². The lowest BCUT2D eigenvalue weighted by molar-refractivity contribution is -0.135. The van der Waals surface area contributed by atoms with Crippen molar-refractivity contribution in [1.82, 2.24) is 0 Å². The summed E-state index contributed by atoms with van der Waals surface area (Å²) < 4.78 is 4.72. The van der Waals surface area contributed by atoms with E-state index in [2.05, 4.69) is 0 Å². The van der Waals surface area contributed by atoms with Gasteiger partial charge >= 0.3 is 5.97 Å². The second-order valence-electron chi connectivity index (χ2n) is 2.82. The van der Waals surface area contributed by atoms with Gasteiger partial charge in [-0.1, -0.05) is 23.7 Å². The van der Waals surface area contributed by atoms with Gasteiger partial charge in [0, 0.05) is 10.6 Å². The van der Waals surface area contributed by atoms with Crippen LogP contribution in [0.4, 0.5) is 0 Å². The summed E-state index contributed by atoms with van der Waals surface area (Å²) in [6, 6.07) is 7.33. The van der Waals surface area contributed by atoms with Gasteiger partial charge in [0.1, 0.15) is 0 Å². The van der Waals surface area contributed by atoms with Crippen LogP contribution in [0.15, 0.2) is 30.5 Å². The largest absolute Gasteiger partial charge is 0.434 e. The molecule has 0 unspecified atom stereocenters. The molecule has 0 saturated carbocycles. The van der Waals surface area contributed by atoms with Crippen molar-refractivity contribution in [1.29, 1.82) is 0 Å². The molecule has 2 nitrogen and oxygen atoms in total. The van der Waals surface area contributed by atoms with Crippen LogP contribution in [0, 0.1) is 0 Å². The first kappa shape index (κ1) is 8.32. The Morgan fingerprint density at radius 3 is 2.46 bits per heavy atom. The molecule has 0 spiro atoms. The van der Waals surface area contributed by atoms with Crippen molar-refractivity contribution in [3.63, 3.8) is 0 Å². The van der Waals surface area contributed by atoms with Crippen LogP contribution in [0.2, 0.25) is 5.02 Å². The SMILES string of the molecule is O=C1CC(c2ccc(Cl)cc2)=CO1. The first-order chi connectivity index (χ1) is 6.25. The fraction of sp³-hybridized carbons (Fsp3) is 0.100. The van der Waals surface area contributed by atoms with Gasteiger partial charge in [-0.3, -0.25) is 4.79 Å². The van der Waals surface area contributed by atoms with Crippen molar-refractivity contribution in [2.45, 2.75) is 6.42 Å². The van der Waals surface area contributed by atoms with Crippen molar-refractivity contribution in [3.05, 3.63) is 41.1 Å². The average Bonchev–Trinajstić information content (AvgIpc) is 2.53. The minimum atomic E-state index is -0.204. The monoisotopic (exact) mass is 194 g/mol. The number of rotatable bonds is 1. The molecule has 0 radical (unpaired) electrons. The van der Waals surface area contributed by atoms with Gasteiger partial charge in [-0.15, -0.1) is 0 Å². The van der Waals surface area contributed by atoms with Crippen LogP contribution in [-0.2, 0) is 9.53 Å². The Morgan fingerprint density at radius 1 is 1.23 bits per heavy atom. The zero-order chi connectivity index (χ0) is 9.26. The number of hydrogen-bond acceptors (Lipinski definition) is 2. The number of ether oxygens (including phenoxy) is 1. The Kier molecular flexibility index (Phi) is 2.07. The quantitative estimate of drug-likeness (QED) is 0.643. The first-order valence-corrected chi connectivity index (χ1v) is 4.28. The summed E-state index contributed by atoms with van der Waals surface area (Å²) in [6.07, 6.45) is 1.84. The van der Waals surface area contributed by atoms with Crippen LogP contribution in [0.3, 0.4) is 0 Å². The van der Waals surface area contributed by atoms with Gasteiger partial charge in [0.05, 0.1) is 12.7 Å². The number of hydrogen-bond donors (Lipinski definition) is 0. The Balaban J connectivity index is 2.27. The highest BCUT2D eigenvalue weighted by Crippen LogP contribution is 2.24. The van der Waals surface area contributed by atoms with E-state index in [-0.39, 0.29) is 5.97 Å². The second-order valence-corrected chi connectivity index (χ2v) is 3.25. The Bertz CT molecular complexity index is 365. The molecule has 1 aliphatic heterocycles. The predicted octanol–water partition coefficient (Wildman–Crippen LogP) is 2.63. The van der Waals surface area contributed by atoms with E-state index in [1.165, 1.54) is 6.26 Å². The fourth-order valence-corrected chi connectivity index (χ4v) is 1.34. The molecule has 1 aliphatic rings. The van der Waals surface area contributed by atoms with Crippen molar-refractivity contribution in [2.24, 2.45) is 0 Å². The number of benzene rings is 1. The van der Waals surface area contributed by atoms with Crippen LogP contribution in [0.25, 0.3) is 5.57 Å². The molecule has 0 saturated heterocycles. The maximum Gasteiger partial charge on any atom is 0.315 e. The molecule has 0 fully saturated rings. The molecular weight excluding hydrogens is 188 g/mol. The van der Waals surface area contributed by atoms with E-state index in [4.69, 9.17) is 16.3 Å². The van der Waals surface area contributed by atoms with E-state index in [1.54, 1.807) is 12.1 Å². The van der Waals surface area contributed by atoms with Gasteiger partial charge in [-0.25, -0.2) is 0 Å². The van der Waals surface area contributed by atoms with E-state index in [0.717, 1.165) is 11.1 Å². The summed E-state index contributed by atoms with van der Waals surface area (Å²) in [5, 5.41) is 0.689. The molecule has 0 aliphatic carbocycles. The maximum atomic E-state index is 10.8. The molecule has 1 aromatic rings. The molecule has 66 valence electrons. The molecule has 1 heterocycles. The van der Waals surface area contributed by atoms with Crippen LogP contribution in [0.5, 0.6) is 0 Å². The van der Waals surface area contributed by atoms with E-state index in [0.29, 0.717) is 11.4 Å². The van der Waals surface area contributed by atoms with Crippen LogP contribution >= 0.6 is 11.6 Å². The summed E-state index contributed by atoms with van der Waals surface area (Å²) in [6.45, 7) is 0. The summed E-state index contributed by atoms with van der Waals surface area (Å²) in [5.41, 5.74) is 1.89. The van der Waals surface area contributed by atoms with Gasteiger partial charge in [-0.2, -0.15) is 0 Å². The van der Waals surface area contributed by atoms with Gasteiger partial charge in [0.2, 0.25) is 0 Å². The minimum absolute atomic E-state index is 0.204. The smallest absolute Gasteiger partial charge is 0.315 e. The fourth-order valence-electron chi connectivity index (χ4n) is 1.21. The van der Waals surface area contributed by atoms with Crippen molar-refractivity contribution in [2.75, 3.05) is 0 Å². The molecular formula is C10H7ClO2. The summed E-state index contributed by atoms with van der Waals surface area (Å²) in [7, 11) is 0. The number of cyclic esters (lactones) is 1. The Labute approximate surface area is 80.8 Å². The molecule has 1 aromatic carbocycles. The Hall–Kier alpha value is -1.28. The molecule has 0 bridgehead atoms. The highest BCUT2D eigenvalue weighted by Gasteiger charge is 2.15. The topological polar surface area (TPSA) is 26.3 Å². The average molecular weight is 195 g/mol. The lowest BCUT2D eigenvalue weighted by Crippen LogP contribution is -1.90. The van der Waals surface area contributed by atoms with E-state index >= 15 is 0 Å². The number of halogens is 1. The lowest BCUT2D eigenvalue weighted by Gasteiger charge is -1.97. The third-order valence-electron chi connectivity index (χ3n) is 1.88. The van der Waals surface area contributed by atoms with E-state index in [9.17, 15) is 4.79 Å². The zero-order valence-electron chi connectivity index (χ0n) is 6.79. The summed E-state index contributed by atoms with van der Waals surface area (Å²) in [4.78, 5) is 10.8. The predicted molar refractivity (Wildman–Crippen MR) is 50.1 cm³/mol. The normalized spacial score (nSPS) is 15.5. The second kappa shape index (κ2) is 3.23. The molecule has 0 N–H and O–H groups in total. The molecule has 0 amide bonds. The van der Waals surface area contributed by atoms with Gasteiger partial charge in [0.15, 0.2) is 0 Å². The van der Waals surface area contributed by atoms with Gasteiger partial charge in [-0.05, 0) is 17.7 Å². The number of carbonyl (C=O) groups is 1. The van der Waals surface area contributed by atoms with E-state index < -0.39 is 0 Å². The highest BCUT2D eigenvalue weighted by atomic mass is 35.5.